The molecule has 1 aliphatic rings. The predicted octanol–water partition coefficient (Wildman–Crippen LogP) is 3.08. The summed E-state index contributed by atoms with van der Waals surface area (Å²) in [5.74, 6) is 0.406. The maximum Gasteiger partial charge on any atom is 0.310 e. The molecule has 1 aromatic heterocycles. The first kappa shape index (κ1) is 25.1. The van der Waals surface area contributed by atoms with E-state index >= 15 is 0 Å². The van der Waals surface area contributed by atoms with Gasteiger partial charge in [0.05, 0.1) is 19.1 Å². The van der Waals surface area contributed by atoms with Gasteiger partial charge in [-0.1, -0.05) is 29.8 Å². The van der Waals surface area contributed by atoms with Gasteiger partial charge in [0, 0.05) is 57.7 Å². The van der Waals surface area contributed by atoms with E-state index in [4.69, 9.17) is 14.5 Å². The average molecular weight is 475 g/mol. The number of amides is 1. The van der Waals surface area contributed by atoms with Gasteiger partial charge in [0.1, 0.15) is 5.82 Å². The van der Waals surface area contributed by atoms with Crippen molar-refractivity contribution in [1.82, 2.24) is 14.3 Å². The van der Waals surface area contributed by atoms with Gasteiger partial charge in [0.15, 0.2) is 0 Å². The average Bonchev–Trinajstić information content (AvgIpc) is 3.29. The summed E-state index contributed by atoms with van der Waals surface area (Å²) in [4.78, 5) is 33.6. The maximum atomic E-state index is 12.9. The standard InChI is InChI=1S/C24H34N4O4S/c1-4-32-23(30)20-6-5-12-28(17-20)22(29)11-13-27(14-15-31-3)24-25-21(26-33-24)16-19-9-7-18(2)8-10-19/h7-10,20H,4-6,11-17H2,1-3H3. The molecule has 9 heteroatoms. The Labute approximate surface area is 200 Å². The smallest absolute Gasteiger partial charge is 0.310 e. The Kier molecular flexibility index (Phi) is 9.62. The summed E-state index contributed by atoms with van der Waals surface area (Å²) < 4.78 is 14.9. The number of carbonyl (C=O) groups is 2. The summed E-state index contributed by atoms with van der Waals surface area (Å²) in [5.41, 5.74) is 2.40. The molecule has 33 heavy (non-hydrogen) atoms. The van der Waals surface area contributed by atoms with Gasteiger partial charge in [-0.15, -0.1) is 0 Å². The van der Waals surface area contributed by atoms with Crippen LogP contribution in [0.5, 0.6) is 0 Å². The topological polar surface area (TPSA) is 84.9 Å². The highest BCUT2D eigenvalue weighted by Gasteiger charge is 2.29. The Hall–Kier alpha value is -2.52. The van der Waals surface area contributed by atoms with Gasteiger partial charge in [-0.25, -0.2) is 4.98 Å². The molecule has 3 rings (SSSR count). The van der Waals surface area contributed by atoms with Crippen LogP contribution in [0.1, 0.15) is 43.1 Å². The van der Waals surface area contributed by atoms with Crippen LogP contribution in [-0.4, -0.2) is 72.6 Å². The lowest BCUT2D eigenvalue weighted by Gasteiger charge is -2.32. The largest absolute Gasteiger partial charge is 0.466 e. The molecular formula is C24H34N4O4S. The first-order valence-corrected chi connectivity index (χ1v) is 12.3. The molecule has 180 valence electrons. The summed E-state index contributed by atoms with van der Waals surface area (Å²) in [6.07, 6.45) is 2.63. The van der Waals surface area contributed by atoms with Crippen molar-refractivity contribution in [3.63, 3.8) is 0 Å². The Morgan fingerprint density at radius 1 is 1.24 bits per heavy atom. The molecule has 1 saturated heterocycles. The molecule has 1 atom stereocenters. The Bertz CT molecular complexity index is 902. The lowest BCUT2D eigenvalue weighted by molar-refractivity contribution is -0.151. The van der Waals surface area contributed by atoms with Gasteiger partial charge < -0.3 is 19.3 Å². The number of rotatable bonds is 11. The number of esters is 1. The Morgan fingerprint density at radius 3 is 2.76 bits per heavy atom. The number of carbonyl (C=O) groups excluding carboxylic acids is 2. The number of aryl methyl sites for hydroxylation is 1. The third-order valence-electron chi connectivity index (χ3n) is 5.77. The number of ether oxygens (including phenoxy) is 2. The monoisotopic (exact) mass is 474 g/mol. The van der Waals surface area contributed by atoms with Crippen molar-refractivity contribution in [2.24, 2.45) is 5.92 Å². The highest BCUT2D eigenvalue weighted by Crippen LogP contribution is 2.21. The molecule has 1 fully saturated rings. The molecule has 0 bridgehead atoms. The first-order chi connectivity index (χ1) is 16.0. The first-order valence-electron chi connectivity index (χ1n) is 11.6. The summed E-state index contributed by atoms with van der Waals surface area (Å²) in [7, 11) is 1.66. The molecule has 1 aromatic carbocycles. The second-order valence-electron chi connectivity index (χ2n) is 8.32. The van der Waals surface area contributed by atoms with E-state index in [0.29, 0.717) is 52.2 Å². The van der Waals surface area contributed by atoms with Crippen molar-refractivity contribution in [2.75, 3.05) is 51.4 Å². The molecule has 1 aliphatic heterocycles. The molecule has 0 radical (unpaired) electrons. The summed E-state index contributed by atoms with van der Waals surface area (Å²) in [5, 5.41) is 0.796. The number of hydrogen-bond acceptors (Lipinski definition) is 8. The molecule has 1 unspecified atom stereocenters. The number of anilines is 1. The third kappa shape index (κ3) is 7.50. The quantitative estimate of drug-likeness (QED) is 0.463. The van der Waals surface area contributed by atoms with Crippen LogP contribution in [0.3, 0.4) is 0 Å². The summed E-state index contributed by atoms with van der Waals surface area (Å²) in [6, 6.07) is 8.37. The second kappa shape index (κ2) is 12.6. The number of likely N-dealkylation sites (tertiary alicyclic amines) is 1. The number of aromatic nitrogens is 2. The predicted molar refractivity (Wildman–Crippen MR) is 129 cm³/mol. The number of nitrogens with zero attached hydrogens (tertiary/aromatic N) is 4. The van der Waals surface area contributed by atoms with Crippen molar-refractivity contribution >= 4 is 28.5 Å². The van der Waals surface area contributed by atoms with Gasteiger partial charge >= 0.3 is 5.97 Å². The van der Waals surface area contributed by atoms with Crippen molar-refractivity contribution in [1.29, 1.82) is 0 Å². The van der Waals surface area contributed by atoms with Gasteiger partial charge in [-0.3, -0.25) is 9.59 Å². The maximum absolute atomic E-state index is 12.9. The minimum Gasteiger partial charge on any atom is -0.466 e. The van der Waals surface area contributed by atoms with E-state index < -0.39 is 0 Å². The Morgan fingerprint density at radius 2 is 2.03 bits per heavy atom. The SMILES string of the molecule is CCOC(=O)C1CCCN(C(=O)CCN(CCOC)c2nc(Cc3ccc(C)cc3)ns2)C1. The van der Waals surface area contributed by atoms with E-state index in [0.717, 1.165) is 23.8 Å². The Balaban J connectivity index is 1.58. The fourth-order valence-electron chi connectivity index (χ4n) is 3.88. The molecular weight excluding hydrogens is 440 g/mol. The zero-order valence-corrected chi connectivity index (χ0v) is 20.6. The van der Waals surface area contributed by atoms with Crippen LogP contribution in [0.15, 0.2) is 24.3 Å². The molecule has 0 saturated carbocycles. The van der Waals surface area contributed by atoms with Gasteiger partial charge in [0.25, 0.3) is 0 Å². The fourth-order valence-corrected chi connectivity index (χ4v) is 4.62. The van der Waals surface area contributed by atoms with Crippen LogP contribution in [0, 0.1) is 12.8 Å². The number of piperidine rings is 1. The second-order valence-corrected chi connectivity index (χ2v) is 9.05. The number of hydrogen-bond donors (Lipinski definition) is 0. The van der Waals surface area contributed by atoms with E-state index in [2.05, 4.69) is 40.5 Å². The van der Waals surface area contributed by atoms with Gasteiger partial charge in [-0.05, 0) is 32.3 Å². The van der Waals surface area contributed by atoms with E-state index in [1.165, 1.54) is 22.7 Å². The van der Waals surface area contributed by atoms with Crippen molar-refractivity contribution < 1.29 is 19.1 Å². The minimum absolute atomic E-state index is 0.0517. The molecule has 8 nitrogen and oxygen atoms in total. The van der Waals surface area contributed by atoms with E-state index in [1.807, 2.05) is 0 Å². The van der Waals surface area contributed by atoms with Crippen molar-refractivity contribution in [3.05, 3.63) is 41.2 Å². The highest BCUT2D eigenvalue weighted by molar-refractivity contribution is 7.09. The lowest BCUT2D eigenvalue weighted by atomic mass is 9.98. The zero-order valence-electron chi connectivity index (χ0n) is 19.8. The number of methoxy groups -OCH3 is 1. The van der Waals surface area contributed by atoms with E-state index in [9.17, 15) is 9.59 Å². The van der Waals surface area contributed by atoms with Crippen LogP contribution in [0.2, 0.25) is 0 Å². The molecule has 0 N–H and O–H groups in total. The van der Waals surface area contributed by atoms with Crippen LogP contribution < -0.4 is 4.90 Å². The molecule has 1 amide bonds. The molecule has 0 aliphatic carbocycles. The van der Waals surface area contributed by atoms with Crippen LogP contribution in [0.25, 0.3) is 0 Å². The van der Waals surface area contributed by atoms with Gasteiger partial charge in [0.2, 0.25) is 11.0 Å². The highest BCUT2D eigenvalue weighted by atomic mass is 32.1. The van der Waals surface area contributed by atoms with E-state index in [1.54, 1.807) is 18.9 Å². The molecule has 2 aromatic rings. The summed E-state index contributed by atoms with van der Waals surface area (Å²) >= 11 is 1.35. The normalized spacial score (nSPS) is 16.0. The lowest BCUT2D eigenvalue weighted by Crippen LogP contribution is -2.44. The number of benzene rings is 1. The van der Waals surface area contributed by atoms with Crippen LogP contribution in [0.4, 0.5) is 5.13 Å². The van der Waals surface area contributed by atoms with Crippen LogP contribution in [-0.2, 0) is 25.5 Å². The van der Waals surface area contributed by atoms with E-state index in [-0.39, 0.29) is 17.8 Å². The van der Waals surface area contributed by atoms with Crippen molar-refractivity contribution in [2.45, 2.75) is 39.5 Å². The fraction of sp³-hybridized carbons (Fsp3) is 0.583. The zero-order chi connectivity index (χ0) is 23.6. The van der Waals surface area contributed by atoms with Crippen molar-refractivity contribution in [3.8, 4) is 0 Å². The van der Waals surface area contributed by atoms with Crippen LogP contribution >= 0.6 is 11.5 Å². The third-order valence-corrected chi connectivity index (χ3v) is 6.58. The molecule has 2 heterocycles. The van der Waals surface area contributed by atoms with Gasteiger partial charge in [-0.2, -0.15) is 4.37 Å². The minimum atomic E-state index is -0.222. The summed E-state index contributed by atoms with van der Waals surface area (Å²) in [6.45, 7) is 7.07. The molecule has 0 spiro atoms.